The number of hydrogen-bond donors (Lipinski definition) is 3. The number of halogens is 3. The van der Waals surface area contributed by atoms with Gasteiger partial charge in [0.05, 0.1) is 17.4 Å². The first-order valence-electron chi connectivity index (χ1n) is 11.2. The van der Waals surface area contributed by atoms with Crippen LogP contribution in [0.2, 0.25) is 0 Å². The van der Waals surface area contributed by atoms with Gasteiger partial charge < -0.3 is 20.5 Å². The fourth-order valence-corrected chi connectivity index (χ4v) is 3.45. The molecule has 0 saturated carbocycles. The molecular formula is C25H22F3N5O4. The van der Waals surface area contributed by atoms with E-state index in [4.69, 9.17) is 9.84 Å². The van der Waals surface area contributed by atoms with Gasteiger partial charge in [0.15, 0.2) is 5.65 Å². The van der Waals surface area contributed by atoms with Gasteiger partial charge in [-0.05, 0) is 54.4 Å². The number of hydrogen-bond acceptors (Lipinski definition) is 6. The monoisotopic (exact) mass is 513 g/mol. The lowest BCUT2D eigenvalue weighted by atomic mass is 10.1. The van der Waals surface area contributed by atoms with E-state index in [9.17, 15) is 22.8 Å². The first-order chi connectivity index (χ1) is 17.7. The van der Waals surface area contributed by atoms with Crippen LogP contribution in [0, 0.1) is 0 Å². The number of carbonyl (C=O) groups excluding carboxylic acids is 2. The quantitative estimate of drug-likeness (QED) is 0.301. The molecule has 0 radical (unpaired) electrons. The summed E-state index contributed by atoms with van der Waals surface area (Å²) in [6.45, 7) is 0.283. The molecule has 2 aromatic carbocycles. The highest BCUT2D eigenvalue weighted by atomic mass is 19.4. The maximum atomic E-state index is 12.7. The zero-order valence-electron chi connectivity index (χ0n) is 19.3. The molecule has 0 bridgehead atoms. The van der Waals surface area contributed by atoms with E-state index in [-0.39, 0.29) is 24.8 Å². The van der Waals surface area contributed by atoms with Crippen LogP contribution < -0.4 is 15.4 Å². The van der Waals surface area contributed by atoms with E-state index in [1.165, 1.54) is 29.2 Å². The number of carbonyl (C=O) groups is 2. The highest BCUT2D eigenvalue weighted by Gasteiger charge is 2.30. The van der Waals surface area contributed by atoms with Gasteiger partial charge in [0.2, 0.25) is 11.8 Å². The summed E-state index contributed by atoms with van der Waals surface area (Å²) in [5.74, 6) is 0.261. The summed E-state index contributed by atoms with van der Waals surface area (Å²) in [6, 6.07) is 12.1. The van der Waals surface area contributed by atoms with E-state index in [0.717, 1.165) is 12.1 Å². The van der Waals surface area contributed by atoms with Gasteiger partial charge in [0.1, 0.15) is 12.1 Å². The maximum Gasteiger partial charge on any atom is 0.416 e. The van der Waals surface area contributed by atoms with Crippen molar-refractivity contribution in [3.05, 3.63) is 78.2 Å². The van der Waals surface area contributed by atoms with Gasteiger partial charge in [-0.2, -0.15) is 13.2 Å². The van der Waals surface area contributed by atoms with Crippen LogP contribution in [0.5, 0.6) is 11.6 Å². The number of anilines is 1. The summed E-state index contributed by atoms with van der Waals surface area (Å²) in [4.78, 5) is 32.9. The minimum absolute atomic E-state index is 0.0332. The van der Waals surface area contributed by atoms with Crippen molar-refractivity contribution in [1.82, 2.24) is 19.9 Å². The molecule has 4 aromatic rings. The number of amides is 2. The van der Waals surface area contributed by atoms with Crippen LogP contribution in [0.4, 0.5) is 23.7 Å². The Hall–Kier alpha value is -4.45. The van der Waals surface area contributed by atoms with Crippen LogP contribution in [0.1, 0.15) is 17.5 Å². The van der Waals surface area contributed by atoms with Crippen molar-refractivity contribution in [2.24, 2.45) is 0 Å². The van der Waals surface area contributed by atoms with Crippen molar-refractivity contribution in [1.29, 1.82) is 0 Å². The first-order valence-corrected chi connectivity index (χ1v) is 11.2. The van der Waals surface area contributed by atoms with Gasteiger partial charge in [-0.1, -0.05) is 12.1 Å². The SMILES string of the molecule is O=C(Cc1ccc(C(F)(F)F)cc1)Nc1ccc(Oc2ncnc3c2ccn3C(=O)NCCCO)cc1. The Morgan fingerprint density at radius 2 is 1.73 bits per heavy atom. The van der Waals surface area contributed by atoms with Gasteiger partial charge >= 0.3 is 12.2 Å². The summed E-state index contributed by atoms with van der Waals surface area (Å²) in [5, 5.41) is 14.7. The maximum absolute atomic E-state index is 12.7. The smallest absolute Gasteiger partial charge is 0.416 e. The van der Waals surface area contributed by atoms with Crippen LogP contribution >= 0.6 is 0 Å². The van der Waals surface area contributed by atoms with Gasteiger partial charge in [-0.3, -0.25) is 9.36 Å². The van der Waals surface area contributed by atoms with Crippen molar-refractivity contribution in [3.63, 3.8) is 0 Å². The number of nitrogens with zero attached hydrogens (tertiary/aromatic N) is 3. The Balaban J connectivity index is 1.38. The lowest BCUT2D eigenvalue weighted by molar-refractivity contribution is -0.137. The second-order valence-electron chi connectivity index (χ2n) is 7.96. The van der Waals surface area contributed by atoms with Gasteiger partial charge in [-0.25, -0.2) is 14.8 Å². The van der Waals surface area contributed by atoms with E-state index in [1.807, 2.05) is 0 Å². The van der Waals surface area contributed by atoms with Crippen LogP contribution in [-0.2, 0) is 17.4 Å². The molecule has 4 rings (SSSR count). The summed E-state index contributed by atoms with van der Waals surface area (Å²) in [6.07, 6.45) is -1.28. The molecule has 12 heteroatoms. The predicted molar refractivity (Wildman–Crippen MR) is 128 cm³/mol. The highest BCUT2D eigenvalue weighted by Crippen LogP contribution is 2.30. The van der Waals surface area contributed by atoms with Crippen molar-refractivity contribution in [2.75, 3.05) is 18.5 Å². The number of fused-ring (bicyclic) bond motifs is 1. The van der Waals surface area contributed by atoms with Crippen molar-refractivity contribution in [2.45, 2.75) is 19.0 Å². The Morgan fingerprint density at radius 3 is 2.41 bits per heavy atom. The largest absolute Gasteiger partial charge is 0.438 e. The number of alkyl halides is 3. The summed E-state index contributed by atoms with van der Waals surface area (Å²) in [5.41, 5.74) is 0.500. The third-order valence-electron chi connectivity index (χ3n) is 5.27. The van der Waals surface area contributed by atoms with Crippen LogP contribution in [0.25, 0.3) is 11.0 Å². The average Bonchev–Trinajstić information content (AvgIpc) is 3.30. The van der Waals surface area contributed by atoms with E-state index in [2.05, 4.69) is 20.6 Å². The fourth-order valence-electron chi connectivity index (χ4n) is 3.45. The van der Waals surface area contributed by atoms with E-state index in [0.29, 0.717) is 41.0 Å². The molecule has 2 amide bonds. The van der Waals surface area contributed by atoms with E-state index >= 15 is 0 Å². The lowest BCUT2D eigenvalue weighted by Gasteiger charge is -2.10. The molecule has 9 nitrogen and oxygen atoms in total. The Bertz CT molecular complexity index is 1390. The molecule has 0 fully saturated rings. The number of nitrogens with one attached hydrogen (secondary N) is 2. The summed E-state index contributed by atoms with van der Waals surface area (Å²) < 4.78 is 45.2. The third kappa shape index (κ3) is 6.41. The number of aromatic nitrogens is 3. The molecule has 3 N–H and O–H groups in total. The lowest BCUT2D eigenvalue weighted by Crippen LogP contribution is -2.29. The molecule has 0 aliphatic heterocycles. The van der Waals surface area contributed by atoms with Crippen molar-refractivity contribution < 1.29 is 32.6 Å². The molecule has 0 saturated heterocycles. The van der Waals surface area contributed by atoms with Crippen LogP contribution in [-0.4, -0.2) is 44.7 Å². The zero-order valence-corrected chi connectivity index (χ0v) is 19.3. The second kappa shape index (κ2) is 11.1. The number of aliphatic hydroxyl groups is 1. The Kier molecular flexibility index (Phi) is 7.68. The minimum atomic E-state index is -4.43. The molecule has 0 atom stereocenters. The summed E-state index contributed by atoms with van der Waals surface area (Å²) >= 11 is 0. The fraction of sp³-hybridized carbons (Fsp3) is 0.200. The molecule has 0 spiro atoms. The molecule has 2 heterocycles. The highest BCUT2D eigenvalue weighted by molar-refractivity contribution is 5.93. The number of aliphatic hydroxyl groups excluding tert-OH is 1. The average molecular weight is 513 g/mol. The van der Waals surface area contributed by atoms with E-state index in [1.54, 1.807) is 30.3 Å². The van der Waals surface area contributed by atoms with Crippen molar-refractivity contribution >= 4 is 28.7 Å². The molecule has 2 aromatic heterocycles. The molecule has 37 heavy (non-hydrogen) atoms. The van der Waals surface area contributed by atoms with Crippen LogP contribution in [0.15, 0.2) is 67.1 Å². The molecule has 0 aliphatic rings. The topological polar surface area (TPSA) is 118 Å². The molecular weight excluding hydrogens is 491 g/mol. The molecule has 0 unspecified atom stereocenters. The van der Waals surface area contributed by atoms with Gasteiger partial charge in [0.25, 0.3) is 0 Å². The number of rotatable bonds is 8. The normalized spacial score (nSPS) is 11.4. The van der Waals surface area contributed by atoms with Gasteiger partial charge in [-0.15, -0.1) is 0 Å². The predicted octanol–water partition coefficient (Wildman–Crippen LogP) is 4.36. The third-order valence-corrected chi connectivity index (χ3v) is 5.27. The zero-order chi connectivity index (χ0) is 26.4. The number of benzene rings is 2. The van der Waals surface area contributed by atoms with E-state index < -0.39 is 17.8 Å². The van der Waals surface area contributed by atoms with Gasteiger partial charge in [0, 0.05) is 25.0 Å². The minimum Gasteiger partial charge on any atom is -0.438 e. The van der Waals surface area contributed by atoms with Crippen molar-refractivity contribution in [3.8, 4) is 11.6 Å². The standard InChI is InChI=1S/C25H22F3N5O4/c26-25(27,28)17-4-2-16(3-5-17)14-21(35)32-18-6-8-19(9-7-18)37-23-20-10-12-33(22(20)30-15-31-23)24(36)29-11-1-13-34/h2-10,12,15,34H,1,11,13-14H2,(H,29,36)(H,32,35). The number of ether oxygens (including phenoxy) is 1. The molecule has 192 valence electrons. The Labute approximate surface area is 208 Å². The van der Waals surface area contributed by atoms with Crippen LogP contribution in [0.3, 0.4) is 0 Å². The summed E-state index contributed by atoms with van der Waals surface area (Å²) in [7, 11) is 0. The Morgan fingerprint density at radius 1 is 1.00 bits per heavy atom. The molecule has 0 aliphatic carbocycles. The second-order valence-corrected chi connectivity index (χ2v) is 7.96. The first kappa shape index (κ1) is 25.6.